The lowest BCUT2D eigenvalue weighted by atomic mass is 9.99. The third-order valence-electron chi connectivity index (χ3n) is 3.74. The molecule has 0 aliphatic carbocycles. The molecule has 0 radical (unpaired) electrons. The Hall–Kier alpha value is -1.03. The number of ether oxygens (including phenoxy) is 1. The highest BCUT2D eigenvalue weighted by Gasteiger charge is 2.27. The van der Waals surface area contributed by atoms with Crippen LogP contribution in [0.3, 0.4) is 0 Å². The Morgan fingerprint density at radius 2 is 2.10 bits per heavy atom. The van der Waals surface area contributed by atoms with Crippen molar-refractivity contribution >= 4 is 22.0 Å². The molecule has 1 fully saturated rings. The molecule has 2 rings (SSSR count). The molecule has 0 saturated carbocycles. The molecular formula is C16H22BrNO2. The van der Waals surface area contributed by atoms with Crippen LogP contribution in [0, 0.1) is 0 Å². The summed E-state index contributed by atoms with van der Waals surface area (Å²) in [6, 6.07) is 10.2. The summed E-state index contributed by atoms with van der Waals surface area (Å²) in [5.41, 5.74) is 1.04. The second kappa shape index (κ2) is 8.30. The molecule has 0 N–H and O–H groups in total. The van der Waals surface area contributed by atoms with E-state index in [-0.39, 0.29) is 6.09 Å². The van der Waals surface area contributed by atoms with Crippen LogP contribution in [0.5, 0.6) is 0 Å². The molecule has 0 spiro atoms. The number of nitrogens with zero attached hydrogens (tertiary/aromatic N) is 1. The molecule has 0 aromatic heterocycles. The van der Waals surface area contributed by atoms with Crippen LogP contribution in [0.2, 0.25) is 0 Å². The average molecular weight is 340 g/mol. The molecule has 1 aromatic carbocycles. The molecule has 1 saturated heterocycles. The van der Waals surface area contributed by atoms with Gasteiger partial charge in [0.05, 0.1) is 0 Å². The van der Waals surface area contributed by atoms with Crippen LogP contribution in [0.25, 0.3) is 0 Å². The van der Waals surface area contributed by atoms with E-state index in [0.717, 1.165) is 43.1 Å². The molecule has 1 unspecified atom stereocenters. The van der Waals surface area contributed by atoms with Gasteiger partial charge < -0.3 is 9.64 Å². The van der Waals surface area contributed by atoms with Crippen molar-refractivity contribution in [1.82, 2.24) is 4.90 Å². The number of hydrogen-bond donors (Lipinski definition) is 0. The van der Waals surface area contributed by atoms with Gasteiger partial charge in [-0.25, -0.2) is 4.79 Å². The maximum absolute atomic E-state index is 12.2. The van der Waals surface area contributed by atoms with Gasteiger partial charge in [0.2, 0.25) is 0 Å². The number of carbonyl (C=O) groups excluding carboxylic acids is 1. The number of carbonyl (C=O) groups is 1. The normalized spacial score (nSPS) is 18.9. The second-order valence-corrected chi connectivity index (χ2v) is 6.01. The van der Waals surface area contributed by atoms with Gasteiger partial charge in [0.25, 0.3) is 0 Å². The van der Waals surface area contributed by atoms with Crippen molar-refractivity contribution in [1.29, 1.82) is 0 Å². The van der Waals surface area contributed by atoms with E-state index in [4.69, 9.17) is 4.74 Å². The zero-order valence-electron chi connectivity index (χ0n) is 11.8. The first-order valence-electron chi connectivity index (χ1n) is 7.34. The third-order valence-corrected chi connectivity index (χ3v) is 4.30. The molecule has 3 nitrogen and oxygen atoms in total. The molecule has 1 aliphatic heterocycles. The fraction of sp³-hybridized carbons (Fsp3) is 0.562. The van der Waals surface area contributed by atoms with Gasteiger partial charge in [0.15, 0.2) is 0 Å². The van der Waals surface area contributed by atoms with Gasteiger partial charge in [-0.2, -0.15) is 0 Å². The molecule has 1 atom stereocenters. The standard InChI is InChI=1S/C16H22BrNO2/c17-11-6-10-15-9-4-5-12-18(15)16(19)20-13-14-7-2-1-3-8-14/h1-3,7-8,15H,4-6,9-13H2. The average Bonchev–Trinajstić information content (AvgIpc) is 2.52. The van der Waals surface area contributed by atoms with E-state index < -0.39 is 0 Å². The maximum atomic E-state index is 12.2. The number of rotatable bonds is 5. The summed E-state index contributed by atoms with van der Waals surface area (Å²) in [5.74, 6) is 0. The maximum Gasteiger partial charge on any atom is 0.410 e. The minimum atomic E-state index is -0.159. The van der Waals surface area contributed by atoms with E-state index in [1.807, 2.05) is 35.2 Å². The first-order chi connectivity index (χ1) is 9.81. The predicted molar refractivity (Wildman–Crippen MR) is 84.0 cm³/mol. The summed E-state index contributed by atoms with van der Waals surface area (Å²) in [4.78, 5) is 14.2. The lowest BCUT2D eigenvalue weighted by Gasteiger charge is -2.35. The van der Waals surface area contributed by atoms with Crippen molar-refractivity contribution < 1.29 is 9.53 Å². The topological polar surface area (TPSA) is 29.5 Å². The van der Waals surface area contributed by atoms with Crippen molar-refractivity contribution in [3.05, 3.63) is 35.9 Å². The number of piperidine rings is 1. The number of amides is 1. The van der Waals surface area contributed by atoms with Crippen LogP contribution in [0.1, 0.15) is 37.7 Å². The summed E-state index contributed by atoms with van der Waals surface area (Å²) >= 11 is 3.46. The molecule has 20 heavy (non-hydrogen) atoms. The molecule has 0 bridgehead atoms. The van der Waals surface area contributed by atoms with Gasteiger partial charge in [-0.3, -0.25) is 0 Å². The van der Waals surface area contributed by atoms with E-state index >= 15 is 0 Å². The SMILES string of the molecule is O=C(OCc1ccccc1)N1CCCCC1CCCBr. The van der Waals surface area contributed by atoms with Crippen LogP contribution >= 0.6 is 15.9 Å². The Kier molecular flexibility index (Phi) is 6.37. The largest absolute Gasteiger partial charge is 0.445 e. The number of benzene rings is 1. The second-order valence-electron chi connectivity index (χ2n) is 5.21. The highest BCUT2D eigenvalue weighted by molar-refractivity contribution is 9.09. The van der Waals surface area contributed by atoms with E-state index in [0.29, 0.717) is 12.6 Å². The van der Waals surface area contributed by atoms with Crippen molar-refractivity contribution in [3.8, 4) is 0 Å². The number of halogens is 1. The summed E-state index contributed by atoms with van der Waals surface area (Å²) < 4.78 is 5.45. The highest BCUT2D eigenvalue weighted by atomic mass is 79.9. The van der Waals surface area contributed by atoms with Gasteiger partial charge in [-0.15, -0.1) is 0 Å². The number of alkyl halides is 1. The zero-order valence-corrected chi connectivity index (χ0v) is 13.3. The summed E-state index contributed by atoms with van der Waals surface area (Å²) in [6.07, 6.45) is 5.42. The van der Waals surface area contributed by atoms with Crippen molar-refractivity contribution in [2.75, 3.05) is 11.9 Å². The summed E-state index contributed by atoms with van der Waals surface area (Å²) in [6.45, 7) is 1.20. The molecule has 1 heterocycles. The minimum absolute atomic E-state index is 0.159. The molecular weight excluding hydrogens is 318 g/mol. The van der Waals surface area contributed by atoms with Crippen LogP contribution in [0.15, 0.2) is 30.3 Å². The molecule has 1 amide bonds. The van der Waals surface area contributed by atoms with Crippen molar-refractivity contribution in [2.45, 2.75) is 44.8 Å². The van der Waals surface area contributed by atoms with Crippen LogP contribution in [0.4, 0.5) is 4.79 Å². The quantitative estimate of drug-likeness (QED) is 0.746. The van der Waals surface area contributed by atoms with Crippen LogP contribution < -0.4 is 0 Å². The van der Waals surface area contributed by atoms with Crippen LogP contribution in [-0.2, 0) is 11.3 Å². The smallest absolute Gasteiger partial charge is 0.410 e. The zero-order chi connectivity index (χ0) is 14.2. The fourth-order valence-electron chi connectivity index (χ4n) is 2.66. The minimum Gasteiger partial charge on any atom is -0.445 e. The molecule has 1 aromatic rings. The fourth-order valence-corrected chi connectivity index (χ4v) is 2.98. The first-order valence-corrected chi connectivity index (χ1v) is 8.46. The third kappa shape index (κ3) is 4.51. The Balaban J connectivity index is 1.85. The first kappa shape index (κ1) is 15.4. The van der Waals surface area contributed by atoms with Gasteiger partial charge in [-0.1, -0.05) is 46.3 Å². The molecule has 4 heteroatoms. The summed E-state index contributed by atoms with van der Waals surface area (Å²) in [5, 5.41) is 0.996. The monoisotopic (exact) mass is 339 g/mol. The van der Waals surface area contributed by atoms with Gasteiger partial charge >= 0.3 is 6.09 Å². The lowest BCUT2D eigenvalue weighted by Crippen LogP contribution is -2.44. The van der Waals surface area contributed by atoms with E-state index in [1.54, 1.807) is 0 Å². The Labute approximate surface area is 129 Å². The van der Waals surface area contributed by atoms with Gasteiger partial charge in [0, 0.05) is 17.9 Å². The Morgan fingerprint density at radius 1 is 1.30 bits per heavy atom. The number of hydrogen-bond acceptors (Lipinski definition) is 2. The van der Waals surface area contributed by atoms with E-state index in [9.17, 15) is 4.79 Å². The van der Waals surface area contributed by atoms with Gasteiger partial charge in [-0.05, 0) is 37.7 Å². The van der Waals surface area contributed by atoms with Gasteiger partial charge in [0.1, 0.15) is 6.61 Å². The molecule has 110 valence electrons. The van der Waals surface area contributed by atoms with Crippen molar-refractivity contribution in [2.24, 2.45) is 0 Å². The predicted octanol–water partition coefficient (Wildman–Crippen LogP) is 4.35. The highest BCUT2D eigenvalue weighted by Crippen LogP contribution is 2.22. The van der Waals surface area contributed by atoms with Crippen molar-refractivity contribution in [3.63, 3.8) is 0 Å². The number of likely N-dealkylation sites (tertiary alicyclic amines) is 1. The van der Waals surface area contributed by atoms with E-state index in [1.165, 1.54) is 6.42 Å². The summed E-state index contributed by atoms with van der Waals surface area (Å²) in [7, 11) is 0. The molecule has 1 aliphatic rings. The van der Waals surface area contributed by atoms with Crippen LogP contribution in [-0.4, -0.2) is 28.9 Å². The Morgan fingerprint density at radius 3 is 2.85 bits per heavy atom. The lowest BCUT2D eigenvalue weighted by molar-refractivity contribution is 0.0659. The Bertz CT molecular complexity index is 410. The van der Waals surface area contributed by atoms with E-state index in [2.05, 4.69) is 15.9 Å².